The van der Waals surface area contributed by atoms with E-state index in [-0.39, 0.29) is 23.2 Å². The minimum atomic E-state index is -3.59. The van der Waals surface area contributed by atoms with Crippen LogP contribution >= 0.6 is 23.7 Å². The van der Waals surface area contributed by atoms with Gasteiger partial charge in [0.2, 0.25) is 10.0 Å². The molecule has 2 heterocycles. The van der Waals surface area contributed by atoms with Crippen molar-refractivity contribution in [3.05, 3.63) is 16.3 Å². The van der Waals surface area contributed by atoms with Crippen molar-refractivity contribution in [3.8, 4) is 0 Å². The van der Waals surface area contributed by atoms with Crippen molar-refractivity contribution in [2.75, 3.05) is 40.8 Å². The van der Waals surface area contributed by atoms with Crippen LogP contribution in [-0.2, 0) is 10.0 Å². The first-order valence-electron chi connectivity index (χ1n) is 7.31. The molecule has 0 saturated carbocycles. The molecule has 0 aliphatic carbocycles. The van der Waals surface area contributed by atoms with Crippen LogP contribution in [0.5, 0.6) is 0 Å². The molecule has 1 aliphatic rings. The predicted molar refractivity (Wildman–Crippen MR) is 95.0 cm³/mol. The van der Waals surface area contributed by atoms with Crippen LogP contribution in [0.2, 0.25) is 0 Å². The molecule has 23 heavy (non-hydrogen) atoms. The Morgan fingerprint density at radius 1 is 1.48 bits per heavy atom. The van der Waals surface area contributed by atoms with Crippen LogP contribution in [0.25, 0.3) is 0 Å². The van der Waals surface area contributed by atoms with Gasteiger partial charge in [0.1, 0.15) is 9.77 Å². The third-order valence-corrected chi connectivity index (χ3v) is 6.77. The Kier molecular flexibility index (Phi) is 7.47. The van der Waals surface area contributed by atoms with Gasteiger partial charge in [0.15, 0.2) is 0 Å². The van der Waals surface area contributed by atoms with Crippen molar-refractivity contribution < 1.29 is 13.2 Å². The molecule has 1 fully saturated rings. The quantitative estimate of drug-likeness (QED) is 0.838. The van der Waals surface area contributed by atoms with Crippen LogP contribution in [0.15, 0.2) is 16.3 Å². The number of carbonyl (C=O) groups is 1. The molecule has 1 N–H and O–H groups in total. The fourth-order valence-electron chi connectivity index (χ4n) is 2.70. The summed E-state index contributed by atoms with van der Waals surface area (Å²) in [5.74, 6) is 0.257. The van der Waals surface area contributed by atoms with Crippen LogP contribution in [0, 0.1) is 5.92 Å². The summed E-state index contributed by atoms with van der Waals surface area (Å²) in [6.45, 7) is 2.24. The SMILES string of the molecule is CNCC1CCCN(C(=O)c2sccc2S(=O)(=O)N(C)C)C1.Cl. The Bertz CT molecular complexity index is 629. The molecular weight excluding hydrogens is 358 g/mol. The Balaban J connectivity index is 0.00000264. The molecule has 2 rings (SSSR count). The fraction of sp³-hybridized carbons (Fsp3) is 0.643. The number of hydrogen-bond acceptors (Lipinski definition) is 5. The maximum atomic E-state index is 12.7. The molecular formula is C14H24ClN3O3S2. The van der Waals surface area contributed by atoms with Crippen LogP contribution in [0.4, 0.5) is 0 Å². The van der Waals surface area contributed by atoms with E-state index >= 15 is 0 Å². The van der Waals surface area contributed by atoms with E-state index in [4.69, 9.17) is 0 Å². The van der Waals surface area contributed by atoms with Gasteiger partial charge in [-0.15, -0.1) is 23.7 Å². The highest BCUT2D eigenvalue weighted by atomic mass is 35.5. The van der Waals surface area contributed by atoms with Gasteiger partial charge in [-0.05, 0) is 43.8 Å². The van der Waals surface area contributed by atoms with Crippen molar-refractivity contribution in [1.29, 1.82) is 0 Å². The van der Waals surface area contributed by atoms with Gasteiger partial charge < -0.3 is 10.2 Å². The zero-order valence-electron chi connectivity index (χ0n) is 13.6. The minimum absolute atomic E-state index is 0. The normalized spacial score (nSPS) is 18.8. The summed E-state index contributed by atoms with van der Waals surface area (Å²) in [6, 6.07) is 1.52. The molecule has 1 aliphatic heterocycles. The molecule has 1 aromatic rings. The summed E-state index contributed by atoms with van der Waals surface area (Å²) in [6.07, 6.45) is 2.05. The molecule has 0 spiro atoms. The number of carbonyl (C=O) groups excluding carboxylic acids is 1. The first-order valence-corrected chi connectivity index (χ1v) is 9.63. The first-order chi connectivity index (χ1) is 10.4. The molecule has 1 amide bonds. The zero-order valence-corrected chi connectivity index (χ0v) is 16.1. The summed E-state index contributed by atoms with van der Waals surface area (Å²) in [5.41, 5.74) is 0. The van der Waals surface area contributed by atoms with E-state index in [0.29, 0.717) is 23.9 Å². The Morgan fingerprint density at radius 3 is 2.78 bits per heavy atom. The fourth-order valence-corrected chi connectivity index (χ4v) is 4.96. The molecule has 6 nitrogen and oxygen atoms in total. The lowest BCUT2D eigenvalue weighted by atomic mass is 9.98. The van der Waals surface area contributed by atoms with Gasteiger partial charge in [0.25, 0.3) is 5.91 Å². The summed E-state index contributed by atoms with van der Waals surface area (Å²) >= 11 is 1.20. The second-order valence-corrected chi connectivity index (χ2v) is 8.75. The van der Waals surface area contributed by atoms with Crippen molar-refractivity contribution in [2.24, 2.45) is 5.92 Å². The number of piperidine rings is 1. The third kappa shape index (κ3) is 4.45. The summed E-state index contributed by atoms with van der Waals surface area (Å²) in [4.78, 5) is 14.9. The zero-order chi connectivity index (χ0) is 16.3. The highest BCUT2D eigenvalue weighted by Gasteiger charge is 2.30. The largest absolute Gasteiger partial charge is 0.338 e. The third-order valence-electron chi connectivity index (χ3n) is 3.88. The summed E-state index contributed by atoms with van der Waals surface area (Å²) in [5, 5.41) is 4.81. The molecule has 1 atom stereocenters. The number of sulfonamides is 1. The van der Waals surface area contributed by atoms with Crippen LogP contribution in [-0.4, -0.2) is 64.3 Å². The topological polar surface area (TPSA) is 69.7 Å². The lowest BCUT2D eigenvalue weighted by Crippen LogP contribution is -2.42. The molecule has 1 saturated heterocycles. The molecule has 132 valence electrons. The Labute approximate surface area is 148 Å². The average Bonchev–Trinajstić information content (AvgIpc) is 2.97. The number of halogens is 1. The number of hydrogen-bond donors (Lipinski definition) is 1. The molecule has 1 unspecified atom stereocenters. The molecule has 0 radical (unpaired) electrons. The number of likely N-dealkylation sites (tertiary alicyclic amines) is 1. The van der Waals surface area contributed by atoms with Crippen LogP contribution < -0.4 is 5.32 Å². The van der Waals surface area contributed by atoms with Crippen molar-refractivity contribution in [2.45, 2.75) is 17.7 Å². The van der Waals surface area contributed by atoms with Crippen molar-refractivity contribution in [3.63, 3.8) is 0 Å². The average molecular weight is 382 g/mol. The van der Waals surface area contributed by atoms with Gasteiger partial charge in [-0.2, -0.15) is 0 Å². The lowest BCUT2D eigenvalue weighted by molar-refractivity contribution is 0.0675. The lowest BCUT2D eigenvalue weighted by Gasteiger charge is -2.32. The van der Waals surface area contributed by atoms with E-state index in [9.17, 15) is 13.2 Å². The van der Waals surface area contributed by atoms with Gasteiger partial charge in [-0.25, -0.2) is 12.7 Å². The second kappa shape index (κ2) is 8.43. The first kappa shape index (κ1) is 20.4. The minimum Gasteiger partial charge on any atom is -0.338 e. The Hall–Kier alpha value is -0.670. The molecule has 0 aromatic carbocycles. The number of rotatable bonds is 5. The maximum absolute atomic E-state index is 12.7. The summed E-state index contributed by atoms with van der Waals surface area (Å²) in [7, 11) is 1.27. The van der Waals surface area contributed by atoms with Crippen molar-refractivity contribution in [1.82, 2.24) is 14.5 Å². The molecule has 1 aromatic heterocycles. The number of thiophene rings is 1. The number of amides is 1. The number of nitrogens with zero attached hydrogens (tertiary/aromatic N) is 2. The van der Waals surface area contributed by atoms with E-state index in [1.165, 1.54) is 31.5 Å². The summed E-state index contributed by atoms with van der Waals surface area (Å²) < 4.78 is 25.8. The Morgan fingerprint density at radius 2 is 2.17 bits per heavy atom. The molecule has 9 heteroatoms. The van der Waals surface area contributed by atoms with Gasteiger partial charge in [-0.3, -0.25) is 4.79 Å². The van der Waals surface area contributed by atoms with E-state index in [1.54, 1.807) is 10.3 Å². The van der Waals surface area contributed by atoms with E-state index in [2.05, 4.69) is 5.32 Å². The smallest absolute Gasteiger partial charge is 0.265 e. The van der Waals surface area contributed by atoms with Gasteiger partial charge in [0, 0.05) is 27.2 Å². The van der Waals surface area contributed by atoms with E-state index in [0.717, 1.165) is 23.7 Å². The van der Waals surface area contributed by atoms with Crippen molar-refractivity contribution >= 4 is 39.7 Å². The van der Waals surface area contributed by atoms with Crippen LogP contribution in [0.3, 0.4) is 0 Å². The van der Waals surface area contributed by atoms with E-state index < -0.39 is 10.0 Å². The second-order valence-electron chi connectivity index (χ2n) is 5.72. The van der Waals surface area contributed by atoms with Gasteiger partial charge in [-0.1, -0.05) is 0 Å². The predicted octanol–water partition coefficient (Wildman–Crippen LogP) is 1.49. The standard InChI is InChI=1S/C14H23N3O3S2.ClH/c1-15-9-11-5-4-7-17(10-11)14(18)13-12(6-8-21-13)22(19,20)16(2)3;/h6,8,11,15H,4-5,7,9-10H2,1-3H3;1H. The maximum Gasteiger partial charge on any atom is 0.265 e. The highest BCUT2D eigenvalue weighted by molar-refractivity contribution is 7.89. The highest BCUT2D eigenvalue weighted by Crippen LogP contribution is 2.27. The van der Waals surface area contributed by atoms with Gasteiger partial charge in [0.05, 0.1) is 0 Å². The monoisotopic (exact) mass is 381 g/mol. The number of nitrogens with one attached hydrogen (secondary N) is 1. The van der Waals surface area contributed by atoms with Crippen LogP contribution in [0.1, 0.15) is 22.5 Å². The van der Waals surface area contributed by atoms with Gasteiger partial charge >= 0.3 is 0 Å². The van der Waals surface area contributed by atoms with E-state index in [1.807, 2.05) is 7.05 Å². The molecule has 0 bridgehead atoms.